The van der Waals surface area contributed by atoms with Crippen molar-refractivity contribution in [3.05, 3.63) is 53.6 Å². The first-order valence-electron chi connectivity index (χ1n) is 8.77. The van der Waals surface area contributed by atoms with Crippen LogP contribution in [0.1, 0.15) is 18.1 Å². The van der Waals surface area contributed by atoms with Gasteiger partial charge in [-0.3, -0.25) is 4.79 Å². The summed E-state index contributed by atoms with van der Waals surface area (Å²) in [7, 11) is 0. The van der Waals surface area contributed by atoms with E-state index in [1.165, 1.54) is 11.8 Å². The van der Waals surface area contributed by atoms with E-state index in [2.05, 4.69) is 15.5 Å². The second-order valence-corrected chi connectivity index (χ2v) is 7.22. The number of rotatable bonds is 6. The fourth-order valence-electron chi connectivity index (χ4n) is 2.89. The minimum Gasteiger partial charge on any atom is -0.399 e. The molecule has 3 aromatic rings. The first-order chi connectivity index (χ1) is 13.0. The highest BCUT2D eigenvalue weighted by atomic mass is 32.2. The molecule has 0 bridgehead atoms. The first kappa shape index (κ1) is 19.0. The Balaban J connectivity index is 1.72. The van der Waals surface area contributed by atoms with E-state index in [0.29, 0.717) is 17.4 Å². The van der Waals surface area contributed by atoms with Crippen molar-refractivity contribution in [2.24, 2.45) is 0 Å². The number of benzene rings is 2. The van der Waals surface area contributed by atoms with E-state index in [4.69, 9.17) is 5.73 Å². The summed E-state index contributed by atoms with van der Waals surface area (Å²) in [6.45, 7) is 6.71. The SMILES string of the molecule is CCn1c(SCC(=O)Nc2c(C)cccc2C)nnc1-c1cccc(N)c1. The maximum atomic E-state index is 12.4. The summed E-state index contributed by atoms with van der Waals surface area (Å²) in [5, 5.41) is 12.3. The summed E-state index contributed by atoms with van der Waals surface area (Å²) < 4.78 is 1.99. The van der Waals surface area contributed by atoms with E-state index < -0.39 is 0 Å². The Kier molecular flexibility index (Phi) is 5.81. The average Bonchev–Trinajstić information content (AvgIpc) is 3.06. The summed E-state index contributed by atoms with van der Waals surface area (Å²) in [5.74, 6) is 0.957. The molecule has 0 saturated carbocycles. The molecule has 0 spiro atoms. The van der Waals surface area contributed by atoms with Gasteiger partial charge in [0.25, 0.3) is 0 Å². The quantitative estimate of drug-likeness (QED) is 0.500. The standard InChI is InChI=1S/C20H23N5OS/c1-4-25-19(15-9-6-10-16(21)11-15)23-24-20(25)27-12-17(26)22-18-13(2)7-5-8-14(18)3/h5-11H,4,12,21H2,1-3H3,(H,22,26). The van der Waals surface area contributed by atoms with Crippen LogP contribution in [0.25, 0.3) is 11.4 Å². The molecular weight excluding hydrogens is 358 g/mol. The lowest BCUT2D eigenvalue weighted by Crippen LogP contribution is -2.16. The number of thioether (sulfide) groups is 1. The number of hydrogen-bond acceptors (Lipinski definition) is 5. The van der Waals surface area contributed by atoms with Crippen molar-refractivity contribution in [1.82, 2.24) is 14.8 Å². The van der Waals surface area contributed by atoms with Gasteiger partial charge in [-0.2, -0.15) is 0 Å². The van der Waals surface area contributed by atoms with Gasteiger partial charge in [-0.05, 0) is 44.0 Å². The van der Waals surface area contributed by atoms with Crippen LogP contribution in [-0.4, -0.2) is 26.4 Å². The maximum Gasteiger partial charge on any atom is 0.234 e. The molecule has 0 radical (unpaired) electrons. The number of nitrogens with zero attached hydrogens (tertiary/aromatic N) is 3. The van der Waals surface area contributed by atoms with Crippen molar-refractivity contribution in [2.75, 3.05) is 16.8 Å². The number of aromatic nitrogens is 3. The molecule has 27 heavy (non-hydrogen) atoms. The zero-order valence-electron chi connectivity index (χ0n) is 15.7. The van der Waals surface area contributed by atoms with Crippen molar-refractivity contribution in [3.8, 4) is 11.4 Å². The Hall–Kier alpha value is -2.80. The number of nitrogens with two attached hydrogens (primary N) is 1. The smallest absolute Gasteiger partial charge is 0.234 e. The zero-order chi connectivity index (χ0) is 19.4. The van der Waals surface area contributed by atoms with Gasteiger partial charge in [-0.25, -0.2) is 0 Å². The second-order valence-electron chi connectivity index (χ2n) is 6.28. The van der Waals surface area contributed by atoms with Crippen LogP contribution >= 0.6 is 11.8 Å². The number of carbonyl (C=O) groups is 1. The van der Waals surface area contributed by atoms with Crippen LogP contribution in [0.3, 0.4) is 0 Å². The van der Waals surface area contributed by atoms with Crippen molar-refractivity contribution in [3.63, 3.8) is 0 Å². The molecule has 0 aliphatic heterocycles. The molecular formula is C20H23N5OS. The normalized spacial score (nSPS) is 10.8. The molecule has 0 unspecified atom stereocenters. The van der Waals surface area contributed by atoms with Crippen LogP contribution in [0.15, 0.2) is 47.6 Å². The van der Waals surface area contributed by atoms with Crippen LogP contribution in [0.2, 0.25) is 0 Å². The number of nitrogens with one attached hydrogen (secondary N) is 1. The third-order valence-corrected chi connectivity index (χ3v) is 5.22. The van der Waals surface area contributed by atoms with E-state index in [-0.39, 0.29) is 11.7 Å². The van der Waals surface area contributed by atoms with Gasteiger partial charge in [0.05, 0.1) is 5.75 Å². The lowest BCUT2D eigenvalue weighted by molar-refractivity contribution is -0.113. The van der Waals surface area contributed by atoms with Gasteiger partial charge in [0.1, 0.15) is 0 Å². The Morgan fingerprint density at radius 2 is 1.85 bits per heavy atom. The first-order valence-corrected chi connectivity index (χ1v) is 9.76. The molecule has 140 valence electrons. The van der Waals surface area contributed by atoms with Gasteiger partial charge in [0, 0.05) is 23.5 Å². The minimum atomic E-state index is -0.0615. The molecule has 7 heteroatoms. The summed E-state index contributed by atoms with van der Waals surface area (Å²) in [6, 6.07) is 13.5. The Labute approximate surface area is 163 Å². The van der Waals surface area contributed by atoms with Gasteiger partial charge >= 0.3 is 0 Å². The molecule has 0 saturated heterocycles. The Bertz CT molecular complexity index is 947. The van der Waals surface area contributed by atoms with Gasteiger partial charge in [-0.15, -0.1) is 10.2 Å². The molecule has 6 nitrogen and oxygen atoms in total. The van der Waals surface area contributed by atoms with Gasteiger partial charge in [-0.1, -0.05) is 42.1 Å². The van der Waals surface area contributed by atoms with E-state index in [9.17, 15) is 4.79 Å². The van der Waals surface area contributed by atoms with Crippen molar-refractivity contribution >= 4 is 29.0 Å². The van der Waals surface area contributed by atoms with E-state index in [0.717, 1.165) is 28.2 Å². The number of hydrogen-bond donors (Lipinski definition) is 2. The number of aryl methyl sites for hydroxylation is 2. The van der Waals surface area contributed by atoms with Crippen LogP contribution in [0.4, 0.5) is 11.4 Å². The van der Waals surface area contributed by atoms with E-state index >= 15 is 0 Å². The number of para-hydroxylation sites is 1. The number of carbonyl (C=O) groups excluding carboxylic acids is 1. The molecule has 1 amide bonds. The maximum absolute atomic E-state index is 12.4. The summed E-state index contributed by atoms with van der Waals surface area (Å²) in [6.07, 6.45) is 0. The highest BCUT2D eigenvalue weighted by Gasteiger charge is 2.15. The summed E-state index contributed by atoms with van der Waals surface area (Å²) in [4.78, 5) is 12.4. The molecule has 0 atom stereocenters. The lowest BCUT2D eigenvalue weighted by atomic mass is 10.1. The number of amides is 1. The third kappa shape index (κ3) is 4.31. The molecule has 3 rings (SSSR count). The monoisotopic (exact) mass is 381 g/mol. The van der Waals surface area contributed by atoms with Crippen LogP contribution in [0, 0.1) is 13.8 Å². The number of nitrogen functional groups attached to an aromatic ring is 1. The summed E-state index contributed by atoms with van der Waals surface area (Å²) >= 11 is 1.38. The molecule has 0 fully saturated rings. The molecule has 0 aliphatic rings. The largest absolute Gasteiger partial charge is 0.399 e. The predicted octanol–water partition coefficient (Wildman–Crippen LogP) is 3.89. The van der Waals surface area contributed by atoms with Gasteiger partial charge in [0.15, 0.2) is 11.0 Å². The summed E-state index contributed by atoms with van der Waals surface area (Å²) in [5.41, 5.74) is 10.4. The molecule has 1 aromatic heterocycles. The van der Waals surface area contributed by atoms with Gasteiger partial charge in [0.2, 0.25) is 5.91 Å². The Morgan fingerprint density at radius 1 is 1.15 bits per heavy atom. The van der Waals surface area contributed by atoms with Gasteiger partial charge < -0.3 is 15.6 Å². The van der Waals surface area contributed by atoms with Crippen molar-refractivity contribution in [1.29, 1.82) is 0 Å². The van der Waals surface area contributed by atoms with Crippen LogP contribution in [0.5, 0.6) is 0 Å². The van der Waals surface area contributed by atoms with E-state index in [1.54, 1.807) is 0 Å². The fourth-order valence-corrected chi connectivity index (χ4v) is 3.69. The minimum absolute atomic E-state index is 0.0615. The predicted molar refractivity (Wildman–Crippen MR) is 111 cm³/mol. The molecule has 2 aromatic carbocycles. The number of anilines is 2. The lowest BCUT2D eigenvalue weighted by Gasteiger charge is -2.11. The Morgan fingerprint density at radius 3 is 2.52 bits per heavy atom. The fraction of sp³-hybridized carbons (Fsp3) is 0.250. The van der Waals surface area contributed by atoms with Crippen LogP contribution < -0.4 is 11.1 Å². The highest BCUT2D eigenvalue weighted by Crippen LogP contribution is 2.26. The zero-order valence-corrected chi connectivity index (χ0v) is 16.5. The van der Waals surface area contributed by atoms with Crippen molar-refractivity contribution in [2.45, 2.75) is 32.5 Å². The molecule has 1 heterocycles. The highest BCUT2D eigenvalue weighted by molar-refractivity contribution is 7.99. The molecule has 3 N–H and O–H groups in total. The second kappa shape index (κ2) is 8.26. The topological polar surface area (TPSA) is 85.8 Å². The van der Waals surface area contributed by atoms with E-state index in [1.807, 2.05) is 67.8 Å². The van der Waals surface area contributed by atoms with Crippen molar-refractivity contribution < 1.29 is 4.79 Å². The average molecular weight is 382 g/mol. The molecule has 0 aliphatic carbocycles. The third-order valence-electron chi connectivity index (χ3n) is 4.26. The van der Waals surface area contributed by atoms with Crippen LogP contribution in [-0.2, 0) is 11.3 Å².